The highest BCUT2D eigenvalue weighted by Crippen LogP contribution is 2.24. The second kappa shape index (κ2) is 6.25. The molecule has 0 aliphatic rings. The van der Waals surface area contributed by atoms with Crippen LogP contribution in [0.15, 0.2) is 60.8 Å². The van der Waals surface area contributed by atoms with Crippen LogP contribution in [-0.4, -0.2) is 25.2 Å². The molecule has 0 spiro atoms. The third-order valence-corrected chi connectivity index (χ3v) is 3.81. The van der Waals surface area contributed by atoms with E-state index >= 15 is 0 Å². The number of hydrogen-bond acceptors (Lipinski definition) is 5. The lowest BCUT2D eigenvalue weighted by molar-refractivity contribution is 0.295. The molecule has 4 rings (SSSR count). The lowest BCUT2D eigenvalue weighted by atomic mass is 10.2. The zero-order valence-electron chi connectivity index (χ0n) is 12.5. The predicted molar refractivity (Wildman–Crippen MR) is 90.2 cm³/mol. The van der Waals surface area contributed by atoms with Gasteiger partial charge in [-0.25, -0.2) is 0 Å². The van der Waals surface area contributed by atoms with Crippen LogP contribution in [0.2, 0.25) is 5.02 Å². The molecule has 0 aliphatic heterocycles. The summed E-state index contributed by atoms with van der Waals surface area (Å²) in [5, 5.41) is 13.5. The summed E-state index contributed by atoms with van der Waals surface area (Å²) >= 11 is 5.92. The molecule has 2 aromatic carbocycles. The average molecular weight is 338 g/mol. The number of nitrogens with zero attached hydrogens (tertiary/aromatic N) is 5. The topological polar surface area (TPSA) is 65.7 Å². The van der Waals surface area contributed by atoms with Crippen molar-refractivity contribution in [3.8, 4) is 11.4 Å². The van der Waals surface area contributed by atoms with Crippen molar-refractivity contribution in [3.05, 3.63) is 71.6 Å². The number of pyridine rings is 1. The van der Waals surface area contributed by atoms with E-state index in [0.717, 1.165) is 16.6 Å². The number of aromatic nitrogens is 5. The lowest BCUT2D eigenvalue weighted by Crippen LogP contribution is -2.07. The predicted octanol–water partition coefficient (Wildman–Crippen LogP) is 3.44. The van der Waals surface area contributed by atoms with E-state index in [-0.39, 0.29) is 6.61 Å². The quantitative estimate of drug-likeness (QED) is 0.570. The monoisotopic (exact) mass is 337 g/mol. The number of halogens is 1. The summed E-state index contributed by atoms with van der Waals surface area (Å²) < 4.78 is 7.52. The van der Waals surface area contributed by atoms with Crippen LogP contribution in [0.25, 0.3) is 16.6 Å². The molecule has 0 fully saturated rings. The van der Waals surface area contributed by atoms with E-state index in [1.54, 1.807) is 23.0 Å². The van der Waals surface area contributed by atoms with E-state index in [9.17, 15) is 0 Å². The Labute approximate surface area is 142 Å². The van der Waals surface area contributed by atoms with Crippen LogP contribution in [0.5, 0.6) is 5.75 Å². The van der Waals surface area contributed by atoms with E-state index in [1.807, 2.05) is 42.5 Å². The molecule has 6 nitrogen and oxygen atoms in total. The van der Waals surface area contributed by atoms with Gasteiger partial charge < -0.3 is 4.74 Å². The lowest BCUT2D eigenvalue weighted by Gasteiger charge is -2.09. The highest BCUT2D eigenvalue weighted by atomic mass is 35.5. The molecule has 0 amide bonds. The summed E-state index contributed by atoms with van der Waals surface area (Å²) in [6.45, 7) is 0.227. The first-order chi connectivity index (χ1) is 11.8. The van der Waals surface area contributed by atoms with E-state index in [0.29, 0.717) is 16.6 Å². The van der Waals surface area contributed by atoms with Gasteiger partial charge in [0.05, 0.1) is 5.69 Å². The van der Waals surface area contributed by atoms with Gasteiger partial charge in [0.15, 0.2) is 5.82 Å². The van der Waals surface area contributed by atoms with Crippen molar-refractivity contribution in [3.63, 3.8) is 0 Å². The number of fused-ring (bicyclic) bond motifs is 1. The first kappa shape index (κ1) is 14.6. The van der Waals surface area contributed by atoms with Gasteiger partial charge in [-0.3, -0.25) is 4.98 Å². The van der Waals surface area contributed by atoms with Gasteiger partial charge in [0.1, 0.15) is 17.9 Å². The van der Waals surface area contributed by atoms with E-state index in [4.69, 9.17) is 16.3 Å². The maximum absolute atomic E-state index is 5.92. The fourth-order valence-electron chi connectivity index (χ4n) is 2.41. The number of rotatable bonds is 4. The molecule has 2 aromatic heterocycles. The Bertz CT molecular complexity index is 978. The molecule has 0 N–H and O–H groups in total. The molecule has 118 valence electrons. The number of ether oxygens (including phenoxy) is 1. The maximum atomic E-state index is 5.92. The molecule has 0 radical (unpaired) electrons. The van der Waals surface area contributed by atoms with Crippen molar-refractivity contribution in [1.82, 2.24) is 25.2 Å². The smallest absolute Gasteiger partial charge is 0.194 e. The van der Waals surface area contributed by atoms with Crippen molar-refractivity contribution in [2.45, 2.75) is 6.61 Å². The van der Waals surface area contributed by atoms with Crippen LogP contribution in [0.1, 0.15) is 5.82 Å². The molecule has 2 heterocycles. The van der Waals surface area contributed by atoms with Gasteiger partial charge in [-0.2, -0.15) is 4.68 Å². The zero-order valence-corrected chi connectivity index (χ0v) is 13.3. The van der Waals surface area contributed by atoms with Crippen molar-refractivity contribution in [1.29, 1.82) is 0 Å². The van der Waals surface area contributed by atoms with E-state index in [1.165, 1.54) is 0 Å². The number of hydrogen-bond donors (Lipinski definition) is 0. The Hall–Kier alpha value is -2.99. The summed E-state index contributed by atoms with van der Waals surface area (Å²) in [5.41, 5.74) is 1.63. The molecule has 0 atom stereocenters. The van der Waals surface area contributed by atoms with Gasteiger partial charge in [0.2, 0.25) is 0 Å². The molecule has 0 saturated heterocycles. The molecule has 4 aromatic rings. The van der Waals surface area contributed by atoms with Crippen LogP contribution in [0.3, 0.4) is 0 Å². The summed E-state index contributed by atoms with van der Waals surface area (Å²) in [5.74, 6) is 1.28. The molecular weight excluding hydrogens is 326 g/mol. The zero-order chi connectivity index (χ0) is 16.4. The highest BCUT2D eigenvalue weighted by Gasteiger charge is 2.10. The first-order valence-electron chi connectivity index (χ1n) is 7.31. The summed E-state index contributed by atoms with van der Waals surface area (Å²) in [6.07, 6.45) is 1.74. The van der Waals surface area contributed by atoms with Crippen LogP contribution >= 0.6 is 11.6 Å². The van der Waals surface area contributed by atoms with Crippen molar-refractivity contribution in [2.24, 2.45) is 0 Å². The van der Waals surface area contributed by atoms with E-state index in [2.05, 4.69) is 20.5 Å². The largest absolute Gasteiger partial charge is 0.483 e. The molecule has 24 heavy (non-hydrogen) atoms. The van der Waals surface area contributed by atoms with Crippen LogP contribution in [0.4, 0.5) is 0 Å². The van der Waals surface area contributed by atoms with Crippen molar-refractivity contribution in [2.75, 3.05) is 0 Å². The van der Waals surface area contributed by atoms with Gasteiger partial charge in [-0.15, -0.1) is 5.10 Å². The molecule has 0 bridgehead atoms. The second-order valence-electron chi connectivity index (χ2n) is 5.10. The number of benzene rings is 2. The summed E-state index contributed by atoms with van der Waals surface area (Å²) in [4.78, 5) is 4.37. The third kappa shape index (κ3) is 2.79. The van der Waals surface area contributed by atoms with Crippen molar-refractivity contribution >= 4 is 22.5 Å². The van der Waals surface area contributed by atoms with Gasteiger partial charge in [-0.1, -0.05) is 29.8 Å². The Morgan fingerprint density at radius 2 is 1.83 bits per heavy atom. The van der Waals surface area contributed by atoms with Crippen molar-refractivity contribution < 1.29 is 4.74 Å². The fraction of sp³-hybridized carbons (Fsp3) is 0.0588. The number of para-hydroxylation sites is 1. The van der Waals surface area contributed by atoms with Gasteiger partial charge in [-0.05, 0) is 46.8 Å². The standard InChI is InChI=1S/C17H12ClN5O/c18-13-6-8-14(9-7-13)23-16(20-21-22-23)11-24-15-5-1-3-12-4-2-10-19-17(12)15/h1-10H,11H2. The maximum Gasteiger partial charge on any atom is 0.194 e. The minimum atomic E-state index is 0.227. The Morgan fingerprint density at radius 1 is 1.00 bits per heavy atom. The van der Waals surface area contributed by atoms with Crippen LogP contribution in [-0.2, 0) is 6.61 Å². The fourth-order valence-corrected chi connectivity index (χ4v) is 2.54. The Kier molecular flexibility index (Phi) is 3.80. The average Bonchev–Trinajstić information content (AvgIpc) is 3.09. The molecule has 7 heteroatoms. The molecule has 0 saturated carbocycles. The number of tetrazole rings is 1. The highest BCUT2D eigenvalue weighted by molar-refractivity contribution is 6.30. The first-order valence-corrected chi connectivity index (χ1v) is 7.69. The Balaban J connectivity index is 1.61. The molecule has 0 aliphatic carbocycles. The third-order valence-electron chi connectivity index (χ3n) is 3.56. The second-order valence-corrected chi connectivity index (χ2v) is 5.54. The van der Waals surface area contributed by atoms with Gasteiger partial charge in [0.25, 0.3) is 0 Å². The summed E-state index contributed by atoms with van der Waals surface area (Å²) in [6, 6.07) is 17.0. The molecular formula is C17H12ClN5O. The SMILES string of the molecule is Clc1ccc(-n2nnnc2COc2cccc3cccnc23)cc1. The summed E-state index contributed by atoms with van der Waals surface area (Å²) in [7, 11) is 0. The van der Waals surface area contributed by atoms with Crippen LogP contribution < -0.4 is 4.74 Å². The van der Waals surface area contributed by atoms with Crippen LogP contribution in [0, 0.1) is 0 Å². The minimum Gasteiger partial charge on any atom is -0.483 e. The van der Waals surface area contributed by atoms with Gasteiger partial charge >= 0.3 is 0 Å². The minimum absolute atomic E-state index is 0.227. The van der Waals surface area contributed by atoms with Gasteiger partial charge in [0, 0.05) is 16.6 Å². The molecule has 0 unspecified atom stereocenters. The Morgan fingerprint density at radius 3 is 2.71 bits per heavy atom. The van der Waals surface area contributed by atoms with E-state index < -0.39 is 0 Å². The normalized spacial score (nSPS) is 10.9.